The SMILES string of the molecule is O=C(O)Cc1ccc(NC(=O)C2CCC(=O)NC2)cc1. The van der Waals surface area contributed by atoms with Crippen LogP contribution >= 0.6 is 0 Å². The van der Waals surface area contributed by atoms with Crippen molar-refractivity contribution in [2.75, 3.05) is 11.9 Å². The predicted octanol–water partition coefficient (Wildman–Crippen LogP) is 0.778. The minimum Gasteiger partial charge on any atom is -0.481 e. The largest absolute Gasteiger partial charge is 0.481 e. The van der Waals surface area contributed by atoms with E-state index in [9.17, 15) is 14.4 Å². The number of benzene rings is 1. The molecule has 1 aliphatic heterocycles. The van der Waals surface area contributed by atoms with E-state index in [1.807, 2.05) is 0 Å². The molecule has 6 heteroatoms. The Kier molecular flexibility index (Phi) is 4.34. The van der Waals surface area contributed by atoms with Crippen LogP contribution in [-0.2, 0) is 20.8 Å². The molecule has 0 saturated carbocycles. The van der Waals surface area contributed by atoms with Crippen molar-refractivity contribution in [2.45, 2.75) is 19.3 Å². The van der Waals surface area contributed by atoms with Gasteiger partial charge in [0.1, 0.15) is 0 Å². The third-order valence-electron chi connectivity index (χ3n) is 3.21. The summed E-state index contributed by atoms with van der Waals surface area (Å²) in [5.74, 6) is -1.26. The molecule has 0 spiro atoms. The number of piperidine rings is 1. The lowest BCUT2D eigenvalue weighted by molar-refractivity contribution is -0.136. The Morgan fingerprint density at radius 3 is 2.55 bits per heavy atom. The maximum atomic E-state index is 12.0. The summed E-state index contributed by atoms with van der Waals surface area (Å²) in [6.45, 7) is 0.363. The number of carbonyl (C=O) groups is 3. The van der Waals surface area contributed by atoms with Crippen LogP contribution in [0, 0.1) is 5.92 Å². The summed E-state index contributed by atoms with van der Waals surface area (Å²) >= 11 is 0. The second kappa shape index (κ2) is 6.18. The molecular formula is C14H16N2O4. The Labute approximate surface area is 116 Å². The molecule has 1 aliphatic rings. The van der Waals surface area contributed by atoms with Gasteiger partial charge in [-0.3, -0.25) is 14.4 Å². The van der Waals surface area contributed by atoms with Crippen LogP contribution in [0.4, 0.5) is 5.69 Å². The molecule has 3 N–H and O–H groups in total. The standard InChI is InChI=1S/C14H16N2O4/c17-12-6-3-10(8-15-12)14(20)16-11-4-1-9(2-5-11)7-13(18)19/h1-2,4-5,10H,3,6-8H2,(H,15,17)(H,16,20)(H,18,19). The Balaban J connectivity index is 1.91. The molecule has 1 fully saturated rings. The van der Waals surface area contributed by atoms with E-state index in [4.69, 9.17) is 5.11 Å². The zero-order chi connectivity index (χ0) is 14.5. The number of hydrogen-bond acceptors (Lipinski definition) is 3. The van der Waals surface area contributed by atoms with Gasteiger partial charge in [0.15, 0.2) is 0 Å². The second-order valence-corrected chi connectivity index (χ2v) is 4.80. The third kappa shape index (κ3) is 3.81. The van der Waals surface area contributed by atoms with Gasteiger partial charge in [-0.15, -0.1) is 0 Å². The van der Waals surface area contributed by atoms with Gasteiger partial charge in [0.2, 0.25) is 11.8 Å². The van der Waals surface area contributed by atoms with Crippen LogP contribution < -0.4 is 10.6 Å². The fraction of sp³-hybridized carbons (Fsp3) is 0.357. The smallest absolute Gasteiger partial charge is 0.307 e. The zero-order valence-electron chi connectivity index (χ0n) is 10.9. The fourth-order valence-electron chi connectivity index (χ4n) is 2.08. The van der Waals surface area contributed by atoms with Gasteiger partial charge in [-0.2, -0.15) is 0 Å². The second-order valence-electron chi connectivity index (χ2n) is 4.80. The molecule has 1 atom stereocenters. The van der Waals surface area contributed by atoms with Crippen molar-refractivity contribution in [3.63, 3.8) is 0 Å². The third-order valence-corrected chi connectivity index (χ3v) is 3.21. The number of aliphatic carboxylic acids is 1. The van der Waals surface area contributed by atoms with Gasteiger partial charge in [0.05, 0.1) is 12.3 Å². The summed E-state index contributed by atoms with van der Waals surface area (Å²) in [7, 11) is 0. The number of carboxylic acid groups (broad SMARTS) is 1. The molecule has 1 heterocycles. The molecule has 0 radical (unpaired) electrons. The predicted molar refractivity (Wildman–Crippen MR) is 72.1 cm³/mol. The summed E-state index contributed by atoms with van der Waals surface area (Å²) in [6.07, 6.45) is 0.882. The lowest BCUT2D eigenvalue weighted by Gasteiger charge is -2.21. The van der Waals surface area contributed by atoms with Gasteiger partial charge in [-0.1, -0.05) is 12.1 Å². The molecule has 2 amide bonds. The van der Waals surface area contributed by atoms with Crippen molar-refractivity contribution >= 4 is 23.5 Å². The maximum Gasteiger partial charge on any atom is 0.307 e. The van der Waals surface area contributed by atoms with Crippen molar-refractivity contribution in [1.29, 1.82) is 0 Å². The van der Waals surface area contributed by atoms with Gasteiger partial charge >= 0.3 is 5.97 Å². The first-order valence-electron chi connectivity index (χ1n) is 6.43. The lowest BCUT2D eigenvalue weighted by atomic mass is 9.98. The Morgan fingerprint density at radius 1 is 1.30 bits per heavy atom. The summed E-state index contributed by atoms with van der Waals surface area (Å²) in [5, 5.41) is 14.1. The summed E-state index contributed by atoms with van der Waals surface area (Å²) in [4.78, 5) is 33.6. The zero-order valence-corrected chi connectivity index (χ0v) is 10.9. The molecule has 1 saturated heterocycles. The highest BCUT2D eigenvalue weighted by molar-refractivity contribution is 5.94. The van der Waals surface area contributed by atoms with E-state index in [0.29, 0.717) is 30.6 Å². The fourth-order valence-corrected chi connectivity index (χ4v) is 2.08. The quantitative estimate of drug-likeness (QED) is 0.757. The average molecular weight is 276 g/mol. The number of carbonyl (C=O) groups excluding carboxylic acids is 2. The maximum absolute atomic E-state index is 12.0. The summed E-state index contributed by atoms with van der Waals surface area (Å²) in [5.41, 5.74) is 1.31. The lowest BCUT2D eigenvalue weighted by Crippen LogP contribution is -2.40. The van der Waals surface area contributed by atoms with Crippen LogP contribution in [0.1, 0.15) is 18.4 Å². The van der Waals surface area contributed by atoms with Crippen molar-refractivity contribution in [3.05, 3.63) is 29.8 Å². The van der Waals surface area contributed by atoms with E-state index < -0.39 is 5.97 Å². The van der Waals surface area contributed by atoms with Gasteiger partial charge in [0, 0.05) is 18.7 Å². The molecule has 0 bridgehead atoms. The average Bonchev–Trinajstić information content (AvgIpc) is 2.41. The first-order chi connectivity index (χ1) is 9.54. The monoisotopic (exact) mass is 276 g/mol. The van der Waals surface area contributed by atoms with E-state index in [-0.39, 0.29) is 24.2 Å². The number of rotatable bonds is 4. The minimum absolute atomic E-state index is 0.0212. The summed E-state index contributed by atoms with van der Waals surface area (Å²) < 4.78 is 0. The highest BCUT2D eigenvalue weighted by atomic mass is 16.4. The normalized spacial score (nSPS) is 18.2. The van der Waals surface area contributed by atoms with E-state index in [2.05, 4.69) is 10.6 Å². The molecule has 0 aromatic heterocycles. The van der Waals surface area contributed by atoms with Crippen molar-refractivity contribution < 1.29 is 19.5 Å². The van der Waals surface area contributed by atoms with E-state index in [0.717, 1.165) is 0 Å². The molecule has 1 aromatic rings. The molecule has 1 unspecified atom stereocenters. The number of nitrogens with one attached hydrogen (secondary N) is 2. The van der Waals surface area contributed by atoms with E-state index in [1.165, 1.54) is 0 Å². The molecule has 1 aromatic carbocycles. The van der Waals surface area contributed by atoms with Gasteiger partial charge in [-0.05, 0) is 24.1 Å². The van der Waals surface area contributed by atoms with Crippen LogP contribution in [0.2, 0.25) is 0 Å². The topological polar surface area (TPSA) is 95.5 Å². The molecule has 106 valence electrons. The highest BCUT2D eigenvalue weighted by Crippen LogP contribution is 2.15. The Hall–Kier alpha value is -2.37. The van der Waals surface area contributed by atoms with Crippen LogP contribution in [0.25, 0.3) is 0 Å². The first-order valence-corrected chi connectivity index (χ1v) is 6.43. The van der Waals surface area contributed by atoms with Gasteiger partial charge in [0.25, 0.3) is 0 Å². The molecular weight excluding hydrogens is 260 g/mol. The van der Waals surface area contributed by atoms with Crippen LogP contribution in [-0.4, -0.2) is 29.4 Å². The summed E-state index contributed by atoms with van der Waals surface area (Å²) in [6, 6.07) is 6.70. The van der Waals surface area contributed by atoms with Crippen molar-refractivity contribution in [1.82, 2.24) is 5.32 Å². The highest BCUT2D eigenvalue weighted by Gasteiger charge is 2.24. The molecule has 2 rings (SSSR count). The first kappa shape index (κ1) is 14.0. The van der Waals surface area contributed by atoms with E-state index >= 15 is 0 Å². The molecule has 20 heavy (non-hydrogen) atoms. The van der Waals surface area contributed by atoms with Gasteiger partial charge < -0.3 is 15.7 Å². The van der Waals surface area contributed by atoms with E-state index in [1.54, 1.807) is 24.3 Å². The Bertz CT molecular complexity index is 514. The van der Waals surface area contributed by atoms with Crippen molar-refractivity contribution in [2.24, 2.45) is 5.92 Å². The Morgan fingerprint density at radius 2 is 2.00 bits per heavy atom. The molecule has 0 aliphatic carbocycles. The minimum atomic E-state index is -0.889. The van der Waals surface area contributed by atoms with Crippen LogP contribution in [0.15, 0.2) is 24.3 Å². The molecule has 6 nitrogen and oxygen atoms in total. The van der Waals surface area contributed by atoms with Crippen LogP contribution in [0.5, 0.6) is 0 Å². The number of anilines is 1. The number of hydrogen-bond donors (Lipinski definition) is 3. The van der Waals surface area contributed by atoms with Crippen molar-refractivity contribution in [3.8, 4) is 0 Å². The number of amides is 2. The number of carboxylic acids is 1. The van der Waals surface area contributed by atoms with Gasteiger partial charge in [-0.25, -0.2) is 0 Å². The van der Waals surface area contributed by atoms with Crippen LogP contribution in [0.3, 0.4) is 0 Å².